The van der Waals surface area contributed by atoms with Crippen LogP contribution in [0.25, 0.3) is 0 Å². The Morgan fingerprint density at radius 2 is 2.17 bits per heavy atom. The van der Waals surface area contributed by atoms with Gasteiger partial charge in [-0.05, 0) is 31.2 Å². The summed E-state index contributed by atoms with van der Waals surface area (Å²) in [6.07, 6.45) is 1.37. The summed E-state index contributed by atoms with van der Waals surface area (Å²) in [5.41, 5.74) is 0.751. The number of rotatable bonds is 3. The molecule has 0 bridgehead atoms. The molecular weight excluding hydrogens is 237 g/mol. The Bertz CT molecular complexity index is 599. The van der Waals surface area contributed by atoms with Crippen molar-refractivity contribution in [2.24, 2.45) is 0 Å². The molecule has 0 unspecified atom stereocenters. The fraction of sp³-hybridized carbons (Fsp3) is 0.0769. The fourth-order valence-electron chi connectivity index (χ4n) is 1.45. The zero-order valence-corrected chi connectivity index (χ0v) is 9.55. The molecule has 0 saturated heterocycles. The lowest BCUT2D eigenvalue weighted by Gasteiger charge is -2.08. The molecule has 0 spiro atoms. The number of aromatic carboxylic acids is 1. The standard InChI is InChI=1S/C13H10FNO3/c1-8-4-5-11(9(7-8)13(16)17)18-12-10(14)3-2-6-15-12/h2-7H,1H3,(H,16,17). The van der Waals surface area contributed by atoms with Crippen LogP contribution in [0.15, 0.2) is 36.5 Å². The normalized spacial score (nSPS) is 10.1. The number of pyridine rings is 1. The number of ether oxygens (including phenoxy) is 1. The van der Waals surface area contributed by atoms with Gasteiger partial charge in [0.2, 0.25) is 0 Å². The second-order valence-corrected chi connectivity index (χ2v) is 3.70. The van der Waals surface area contributed by atoms with E-state index in [9.17, 15) is 9.18 Å². The van der Waals surface area contributed by atoms with Gasteiger partial charge >= 0.3 is 5.97 Å². The topological polar surface area (TPSA) is 59.4 Å². The maximum Gasteiger partial charge on any atom is 0.339 e. The molecule has 0 amide bonds. The van der Waals surface area contributed by atoms with Crippen molar-refractivity contribution in [2.75, 3.05) is 0 Å². The quantitative estimate of drug-likeness (QED) is 0.905. The summed E-state index contributed by atoms with van der Waals surface area (Å²) in [5.74, 6) is -1.96. The lowest BCUT2D eigenvalue weighted by Crippen LogP contribution is -2.02. The molecule has 0 saturated carbocycles. The summed E-state index contributed by atoms with van der Waals surface area (Å²) in [7, 11) is 0. The van der Waals surface area contributed by atoms with Gasteiger partial charge in [0.1, 0.15) is 11.3 Å². The smallest absolute Gasteiger partial charge is 0.339 e. The first-order valence-electron chi connectivity index (χ1n) is 5.20. The highest BCUT2D eigenvalue weighted by atomic mass is 19.1. The number of aryl methyl sites for hydroxylation is 1. The molecule has 0 aliphatic rings. The van der Waals surface area contributed by atoms with E-state index >= 15 is 0 Å². The predicted octanol–water partition coefficient (Wildman–Crippen LogP) is 3.02. The lowest BCUT2D eigenvalue weighted by atomic mass is 10.1. The van der Waals surface area contributed by atoms with E-state index in [0.29, 0.717) is 0 Å². The molecule has 0 aliphatic carbocycles. The Kier molecular flexibility index (Phi) is 3.23. The van der Waals surface area contributed by atoms with E-state index in [4.69, 9.17) is 9.84 Å². The second kappa shape index (κ2) is 4.83. The Labute approximate surface area is 103 Å². The first-order valence-corrected chi connectivity index (χ1v) is 5.20. The maximum atomic E-state index is 13.4. The SMILES string of the molecule is Cc1ccc(Oc2ncccc2F)c(C(=O)O)c1. The number of carboxylic acid groups (broad SMARTS) is 1. The van der Waals surface area contributed by atoms with Gasteiger partial charge in [0.05, 0.1) is 0 Å². The fourth-order valence-corrected chi connectivity index (χ4v) is 1.45. The highest BCUT2D eigenvalue weighted by molar-refractivity contribution is 5.91. The van der Waals surface area contributed by atoms with E-state index in [1.165, 1.54) is 30.5 Å². The van der Waals surface area contributed by atoms with Crippen LogP contribution in [0.1, 0.15) is 15.9 Å². The van der Waals surface area contributed by atoms with E-state index in [1.807, 2.05) is 0 Å². The summed E-state index contributed by atoms with van der Waals surface area (Å²) in [6, 6.07) is 7.24. The lowest BCUT2D eigenvalue weighted by molar-refractivity contribution is 0.0694. The van der Waals surface area contributed by atoms with Gasteiger partial charge in [0.15, 0.2) is 5.82 Å². The van der Waals surface area contributed by atoms with Crippen LogP contribution in [0.2, 0.25) is 0 Å². The average molecular weight is 247 g/mol. The number of aromatic nitrogens is 1. The van der Waals surface area contributed by atoms with Gasteiger partial charge in [-0.1, -0.05) is 11.6 Å². The summed E-state index contributed by atoms with van der Waals surface area (Å²) >= 11 is 0. The molecule has 2 aromatic rings. The molecule has 2 rings (SSSR count). The summed E-state index contributed by atoms with van der Waals surface area (Å²) < 4.78 is 18.5. The monoisotopic (exact) mass is 247 g/mol. The minimum atomic E-state index is -1.13. The van der Waals surface area contributed by atoms with Gasteiger partial charge < -0.3 is 9.84 Å². The number of carboxylic acids is 1. The molecule has 0 aliphatic heterocycles. The molecule has 92 valence electrons. The van der Waals surface area contributed by atoms with Gasteiger partial charge in [-0.15, -0.1) is 0 Å². The molecular formula is C13H10FNO3. The first kappa shape index (κ1) is 12.0. The van der Waals surface area contributed by atoms with Crippen LogP contribution in [-0.2, 0) is 0 Å². The van der Waals surface area contributed by atoms with Gasteiger partial charge in [0.25, 0.3) is 5.88 Å². The molecule has 0 radical (unpaired) electrons. The van der Waals surface area contributed by atoms with Crippen LogP contribution < -0.4 is 4.74 Å². The average Bonchev–Trinajstić information content (AvgIpc) is 2.34. The zero-order chi connectivity index (χ0) is 13.1. The van der Waals surface area contributed by atoms with E-state index in [2.05, 4.69) is 4.98 Å². The molecule has 4 nitrogen and oxygen atoms in total. The number of nitrogens with zero attached hydrogens (tertiary/aromatic N) is 1. The van der Waals surface area contributed by atoms with Crippen molar-refractivity contribution >= 4 is 5.97 Å². The predicted molar refractivity (Wildman–Crippen MR) is 62.4 cm³/mol. The zero-order valence-electron chi connectivity index (χ0n) is 9.55. The third-order valence-corrected chi connectivity index (χ3v) is 2.30. The number of hydrogen-bond donors (Lipinski definition) is 1. The minimum Gasteiger partial charge on any atom is -0.478 e. The summed E-state index contributed by atoms with van der Waals surface area (Å²) in [5, 5.41) is 9.04. The first-order chi connectivity index (χ1) is 8.58. The van der Waals surface area contributed by atoms with E-state index in [0.717, 1.165) is 5.56 Å². The number of carbonyl (C=O) groups is 1. The summed E-state index contributed by atoms with van der Waals surface area (Å²) in [4.78, 5) is 14.8. The third-order valence-electron chi connectivity index (χ3n) is 2.30. The Balaban J connectivity index is 2.41. The molecule has 18 heavy (non-hydrogen) atoms. The largest absolute Gasteiger partial charge is 0.478 e. The van der Waals surface area contributed by atoms with Crippen molar-refractivity contribution in [3.05, 3.63) is 53.5 Å². The van der Waals surface area contributed by atoms with E-state index in [1.54, 1.807) is 13.0 Å². The molecule has 0 fully saturated rings. The Morgan fingerprint density at radius 1 is 1.39 bits per heavy atom. The highest BCUT2D eigenvalue weighted by Gasteiger charge is 2.14. The molecule has 1 aromatic carbocycles. The molecule has 1 aromatic heterocycles. The highest BCUT2D eigenvalue weighted by Crippen LogP contribution is 2.26. The summed E-state index contributed by atoms with van der Waals surface area (Å²) in [6.45, 7) is 1.76. The molecule has 0 atom stereocenters. The van der Waals surface area contributed by atoms with E-state index in [-0.39, 0.29) is 17.2 Å². The van der Waals surface area contributed by atoms with Crippen molar-refractivity contribution in [1.29, 1.82) is 0 Å². The molecule has 1 heterocycles. The van der Waals surface area contributed by atoms with Crippen LogP contribution in [0.5, 0.6) is 11.6 Å². The Hall–Kier alpha value is -2.43. The van der Waals surface area contributed by atoms with Crippen molar-refractivity contribution in [3.63, 3.8) is 0 Å². The van der Waals surface area contributed by atoms with Crippen molar-refractivity contribution in [1.82, 2.24) is 4.98 Å². The Morgan fingerprint density at radius 3 is 2.83 bits per heavy atom. The van der Waals surface area contributed by atoms with Crippen LogP contribution in [0.3, 0.4) is 0 Å². The van der Waals surface area contributed by atoms with Crippen LogP contribution in [0, 0.1) is 12.7 Å². The van der Waals surface area contributed by atoms with Gasteiger partial charge in [-0.3, -0.25) is 0 Å². The third kappa shape index (κ3) is 2.45. The van der Waals surface area contributed by atoms with Crippen LogP contribution in [0.4, 0.5) is 4.39 Å². The second-order valence-electron chi connectivity index (χ2n) is 3.70. The van der Waals surface area contributed by atoms with Gasteiger partial charge in [-0.2, -0.15) is 0 Å². The minimum absolute atomic E-state index is 0.0277. The maximum absolute atomic E-state index is 13.4. The molecule has 1 N–H and O–H groups in total. The van der Waals surface area contributed by atoms with Gasteiger partial charge in [0, 0.05) is 6.20 Å². The van der Waals surface area contributed by atoms with Crippen LogP contribution in [-0.4, -0.2) is 16.1 Å². The van der Waals surface area contributed by atoms with E-state index < -0.39 is 11.8 Å². The van der Waals surface area contributed by atoms with Crippen molar-refractivity contribution < 1.29 is 19.0 Å². The number of benzene rings is 1. The number of hydrogen-bond acceptors (Lipinski definition) is 3. The van der Waals surface area contributed by atoms with Gasteiger partial charge in [-0.25, -0.2) is 14.2 Å². The van der Waals surface area contributed by atoms with Crippen LogP contribution >= 0.6 is 0 Å². The van der Waals surface area contributed by atoms with Crippen molar-refractivity contribution in [3.8, 4) is 11.6 Å². The molecule has 5 heteroatoms. The van der Waals surface area contributed by atoms with Crippen molar-refractivity contribution in [2.45, 2.75) is 6.92 Å². The number of halogens is 1.